The van der Waals surface area contributed by atoms with Crippen LogP contribution in [0.15, 0.2) is 54.6 Å². The van der Waals surface area contributed by atoms with E-state index in [1.165, 1.54) is 5.06 Å². The Morgan fingerprint density at radius 3 is 2.68 bits per heavy atom. The first kappa shape index (κ1) is 14.6. The lowest BCUT2D eigenvalue weighted by molar-refractivity contribution is -0.320. The number of amides is 1. The van der Waals surface area contributed by atoms with E-state index < -0.39 is 6.29 Å². The van der Waals surface area contributed by atoms with Crippen LogP contribution < -0.4 is 0 Å². The Balaban J connectivity index is 1.80. The molecule has 3 rings (SSSR count). The van der Waals surface area contributed by atoms with Crippen molar-refractivity contribution in [2.75, 3.05) is 6.54 Å². The highest BCUT2D eigenvalue weighted by molar-refractivity contribution is 5.93. The summed E-state index contributed by atoms with van der Waals surface area (Å²) >= 11 is 0. The zero-order valence-corrected chi connectivity index (χ0v) is 12.2. The maximum atomic E-state index is 12.5. The van der Waals surface area contributed by atoms with Crippen LogP contribution in [0.3, 0.4) is 0 Å². The summed E-state index contributed by atoms with van der Waals surface area (Å²) in [7, 11) is 0. The van der Waals surface area contributed by atoms with Gasteiger partial charge in [0.05, 0.1) is 12.6 Å². The summed E-state index contributed by atoms with van der Waals surface area (Å²) < 4.78 is 5.72. The van der Waals surface area contributed by atoms with E-state index in [-0.39, 0.29) is 17.8 Å². The van der Waals surface area contributed by atoms with Gasteiger partial charge in [-0.1, -0.05) is 30.3 Å². The number of ether oxygens (including phenoxy) is 1. The van der Waals surface area contributed by atoms with Crippen LogP contribution in [-0.4, -0.2) is 28.7 Å². The van der Waals surface area contributed by atoms with Gasteiger partial charge in [0.15, 0.2) is 0 Å². The Kier molecular flexibility index (Phi) is 4.09. The van der Waals surface area contributed by atoms with Gasteiger partial charge < -0.3 is 9.84 Å². The maximum absolute atomic E-state index is 12.5. The molecular weight excluding hydrogens is 282 g/mol. The molecule has 1 aliphatic heterocycles. The highest BCUT2D eigenvalue weighted by atomic mass is 16.8. The Labute approximate surface area is 128 Å². The lowest BCUT2D eigenvalue weighted by Crippen LogP contribution is -2.44. The number of phenols is 1. The molecule has 1 saturated heterocycles. The summed E-state index contributed by atoms with van der Waals surface area (Å²) in [6.07, 6.45) is -0.891. The SMILES string of the molecule is C[C@H]1CN(C(=O)c2ccccc2)O[C@@H](c2cccc(O)c2)O1. The van der Waals surface area contributed by atoms with Crippen molar-refractivity contribution in [3.05, 3.63) is 65.7 Å². The molecule has 1 fully saturated rings. The normalized spacial score (nSPS) is 21.6. The van der Waals surface area contributed by atoms with Gasteiger partial charge in [-0.25, -0.2) is 9.90 Å². The fraction of sp³-hybridized carbons (Fsp3) is 0.235. The third-order valence-electron chi connectivity index (χ3n) is 3.39. The molecule has 1 heterocycles. The minimum Gasteiger partial charge on any atom is -0.508 e. The van der Waals surface area contributed by atoms with E-state index in [1.54, 1.807) is 36.4 Å². The Morgan fingerprint density at radius 1 is 1.18 bits per heavy atom. The lowest BCUT2D eigenvalue weighted by Gasteiger charge is -2.36. The van der Waals surface area contributed by atoms with Crippen molar-refractivity contribution in [1.82, 2.24) is 5.06 Å². The zero-order chi connectivity index (χ0) is 15.5. The Morgan fingerprint density at radius 2 is 1.95 bits per heavy atom. The van der Waals surface area contributed by atoms with Gasteiger partial charge in [-0.05, 0) is 31.2 Å². The average molecular weight is 299 g/mol. The van der Waals surface area contributed by atoms with Crippen LogP contribution in [0.1, 0.15) is 29.1 Å². The highest BCUT2D eigenvalue weighted by Crippen LogP contribution is 2.29. The van der Waals surface area contributed by atoms with Crippen molar-refractivity contribution >= 4 is 5.91 Å². The lowest BCUT2D eigenvalue weighted by atomic mass is 10.2. The number of carbonyl (C=O) groups is 1. The largest absolute Gasteiger partial charge is 0.508 e. The number of nitrogens with zero attached hydrogens (tertiary/aromatic N) is 1. The average Bonchev–Trinajstić information content (AvgIpc) is 2.54. The molecule has 5 nitrogen and oxygen atoms in total. The molecule has 1 aliphatic rings. The minimum atomic E-state index is -0.719. The van der Waals surface area contributed by atoms with Crippen LogP contribution in [0.2, 0.25) is 0 Å². The van der Waals surface area contributed by atoms with Gasteiger partial charge in [0.2, 0.25) is 6.29 Å². The van der Waals surface area contributed by atoms with E-state index in [2.05, 4.69) is 0 Å². The van der Waals surface area contributed by atoms with Crippen molar-refractivity contribution in [3.63, 3.8) is 0 Å². The molecule has 2 aromatic rings. The molecule has 0 spiro atoms. The number of phenolic OH excluding ortho intramolecular Hbond substituents is 1. The van der Waals surface area contributed by atoms with Gasteiger partial charge in [-0.3, -0.25) is 4.79 Å². The minimum absolute atomic E-state index is 0.129. The standard InChI is InChI=1S/C17H17NO4/c1-12-11-18(16(20)13-6-3-2-4-7-13)22-17(21-12)14-8-5-9-15(19)10-14/h2-10,12,17,19H,11H2,1H3/t12-,17-/m0/s1. The van der Waals surface area contributed by atoms with Crippen molar-refractivity contribution in [2.45, 2.75) is 19.3 Å². The van der Waals surface area contributed by atoms with Crippen LogP contribution in [-0.2, 0) is 9.57 Å². The van der Waals surface area contributed by atoms with Crippen LogP contribution in [0.25, 0.3) is 0 Å². The van der Waals surface area contributed by atoms with Crippen molar-refractivity contribution in [3.8, 4) is 5.75 Å². The van der Waals surface area contributed by atoms with E-state index in [9.17, 15) is 9.90 Å². The van der Waals surface area contributed by atoms with Gasteiger partial charge in [-0.15, -0.1) is 0 Å². The number of hydrogen-bond acceptors (Lipinski definition) is 4. The third-order valence-corrected chi connectivity index (χ3v) is 3.39. The molecule has 5 heteroatoms. The first-order valence-corrected chi connectivity index (χ1v) is 7.11. The van der Waals surface area contributed by atoms with Crippen LogP contribution in [0, 0.1) is 0 Å². The molecular formula is C17H17NO4. The van der Waals surface area contributed by atoms with E-state index in [4.69, 9.17) is 9.57 Å². The maximum Gasteiger partial charge on any atom is 0.277 e. The molecule has 0 bridgehead atoms. The van der Waals surface area contributed by atoms with Crippen LogP contribution >= 0.6 is 0 Å². The number of carbonyl (C=O) groups excluding carboxylic acids is 1. The quantitative estimate of drug-likeness (QED) is 0.926. The summed E-state index contributed by atoms with van der Waals surface area (Å²) in [5, 5.41) is 10.9. The Bertz CT molecular complexity index is 659. The molecule has 0 radical (unpaired) electrons. The molecule has 0 saturated carbocycles. The van der Waals surface area contributed by atoms with Gasteiger partial charge in [0.1, 0.15) is 5.75 Å². The topological polar surface area (TPSA) is 59.0 Å². The molecule has 22 heavy (non-hydrogen) atoms. The first-order valence-electron chi connectivity index (χ1n) is 7.11. The predicted molar refractivity (Wildman–Crippen MR) is 80.0 cm³/mol. The molecule has 0 unspecified atom stereocenters. The number of hydroxylamine groups is 2. The molecule has 114 valence electrons. The molecule has 0 aromatic heterocycles. The van der Waals surface area contributed by atoms with E-state index in [1.807, 2.05) is 25.1 Å². The highest BCUT2D eigenvalue weighted by Gasteiger charge is 2.31. The Hall–Kier alpha value is -2.37. The summed E-state index contributed by atoms with van der Waals surface area (Å²) in [6.45, 7) is 2.23. The summed E-state index contributed by atoms with van der Waals surface area (Å²) in [6, 6.07) is 15.6. The fourth-order valence-electron chi connectivity index (χ4n) is 2.34. The fourth-order valence-corrected chi connectivity index (χ4v) is 2.34. The van der Waals surface area contributed by atoms with Crippen LogP contribution in [0.4, 0.5) is 0 Å². The van der Waals surface area contributed by atoms with Gasteiger partial charge in [0.25, 0.3) is 5.91 Å². The second-order valence-electron chi connectivity index (χ2n) is 5.21. The molecule has 0 aliphatic carbocycles. The summed E-state index contributed by atoms with van der Waals surface area (Å²) in [5.74, 6) is -0.0789. The van der Waals surface area contributed by atoms with Gasteiger partial charge in [0, 0.05) is 11.1 Å². The summed E-state index contributed by atoms with van der Waals surface area (Å²) in [4.78, 5) is 18.1. The van der Waals surface area contributed by atoms with E-state index in [0.717, 1.165) is 0 Å². The van der Waals surface area contributed by atoms with Crippen molar-refractivity contribution in [2.24, 2.45) is 0 Å². The number of hydrogen-bond donors (Lipinski definition) is 1. The summed E-state index contributed by atoms with van der Waals surface area (Å²) in [5.41, 5.74) is 1.23. The van der Waals surface area contributed by atoms with E-state index in [0.29, 0.717) is 17.7 Å². The van der Waals surface area contributed by atoms with Gasteiger partial charge >= 0.3 is 0 Å². The molecule has 1 amide bonds. The van der Waals surface area contributed by atoms with Crippen LogP contribution in [0.5, 0.6) is 5.75 Å². The monoisotopic (exact) mass is 299 g/mol. The van der Waals surface area contributed by atoms with Crippen molar-refractivity contribution < 1.29 is 19.5 Å². The number of benzene rings is 2. The second-order valence-corrected chi connectivity index (χ2v) is 5.21. The number of aromatic hydroxyl groups is 1. The zero-order valence-electron chi connectivity index (χ0n) is 12.2. The van der Waals surface area contributed by atoms with E-state index >= 15 is 0 Å². The smallest absolute Gasteiger partial charge is 0.277 e. The number of rotatable bonds is 2. The molecule has 1 N–H and O–H groups in total. The second kappa shape index (κ2) is 6.17. The predicted octanol–water partition coefficient (Wildman–Crippen LogP) is 2.88. The molecule has 2 aromatic carbocycles. The van der Waals surface area contributed by atoms with Gasteiger partial charge in [-0.2, -0.15) is 0 Å². The van der Waals surface area contributed by atoms with Crippen molar-refractivity contribution in [1.29, 1.82) is 0 Å². The molecule has 2 atom stereocenters. The first-order chi connectivity index (χ1) is 10.6. The third kappa shape index (κ3) is 3.10.